The highest BCUT2D eigenvalue weighted by Gasteiger charge is 2.00. The largest absolute Gasteiger partial charge is 0.346 e. The minimum absolute atomic E-state index is 0.990. The van der Waals surface area contributed by atoms with E-state index < -0.39 is 0 Å². The molecule has 0 saturated carbocycles. The molecular formula is C10H12N2. The number of hydrogen-bond acceptors (Lipinski definition) is 1. The molecule has 0 fully saturated rings. The summed E-state index contributed by atoms with van der Waals surface area (Å²) in [5.41, 5.74) is 3.56. The van der Waals surface area contributed by atoms with Crippen molar-refractivity contribution in [2.75, 3.05) is 0 Å². The fraction of sp³-hybridized carbons (Fsp3) is 0.300. The Hall–Kier alpha value is -1.31. The molecule has 0 unspecified atom stereocenters. The van der Waals surface area contributed by atoms with E-state index in [9.17, 15) is 0 Å². The first kappa shape index (κ1) is 7.35. The maximum atomic E-state index is 4.32. The number of fused-ring (bicyclic) bond motifs is 1. The van der Waals surface area contributed by atoms with Crippen molar-refractivity contribution in [1.82, 2.24) is 9.97 Å². The highest BCUT2D eigenvalue weighted by atomic mass is 14.8. The zero-order valence-corrected chi connectivity index (χ0v) is 7.39. The Balaban J connectivity index is 2.71. The number of hydrogen-bond donors (Lipinski definition) is 1. The van der Waals surface area contributed by atoms with Crippen LogP contribution in [-0.4, -0.2) is 9.97 Å². The van der Waals surface area contributed by atoms with Crippen LogP contribution in [0.2, 0.25) is 0 Å². The van der Waals surface area contributed by atoms with Gasteiger partial charge in [0.25, 0.3) is 0 Å². The van der Waals surface area contributed by atoms with Crippen LogP contribution in [0.3, 0.4) is 0 Å². The van der Waals surface area contributed by atoms with Crippen molar-refractivity contribution >= 4 is 11.0 Å². The van der Waals surface area contributed by atoms with Crippen molar-refractivity contribution in [2.24, 2.45) is 0 Å². The van der Waals surface area contributed by atoms with Gasteiger partial charge < -0.3 is 4.98 Å². The van der Waals surface area contributed by atoms with Gasteiger partial charge in [0.05, 0.1) is 0 Å². The fourth-order valence-corrected chi connectivity index (χ4v) is 1.37. The molecule has 1 N–H and O–H groups in total. The van der Waals surface area contributed by atoms with Crippen LogP contribution >= 0.6 is 0 Å². The van der Waals surface area contributed by atoms with Crippen molar-refractivity contribution in [1.29, 1.82) is 0 Å². The quantitative estimate of drug-likeness (QED) is 0.682. The fourth-order valence-electron chi connectivity index (χ4n) is 1.37. The molecule has 2 rings (SSSR count). The molecule has 62 valence electrons. The van der Waals surface area contributed by atoms with E-state index >= 15 is 0 Å². The zero-order valence-electron chi connectivity index (χ0n) is 7.39. The van der Waals surface area contributed by atoms with Crippen LogP contribution in [0.4, 0.5) is 0 Å². The first-order chi connectivity index (χ1) is 5.81. The minimum Gasteiger partial charge on any atom is -0.346 e. The van der Waals surface area contributed by atoms with Crippen molar-refractivity contribution in [3.63, 3.8) is 0 Å². The van der Waals surface area contributed by atoms with Crippen molar-refractivity contribution in [3.05, 3.63) is 29.6 Å². The Morgan fingerprint density at radius 2 is 2.33 bits per heavy atom. The summed E-state index contributed by atoms with van der Waals surface area (Å²) in [6.07, 6.45) is 4.98. The SMILES string of the molecule is CCc1cnc2[nH]cc(C)c2c1. The van der Waals surface area contributed by atoms with Gasteiger partial charge in [-0.25, -0.2) is 4.98 Å². The first-order valence-corrected chi connectivity index (χ1v) is 4.24. The van der Waals surface area contributed by atoms with Gasteiger partial charge >= 0.3 is 0 Å². The molecule has 0 aliphatic carbocycles. The average molecular weight is 160 g/mol. The summed E-state index contributed by atoms with van der Waals surface area (Å²) in [5.74, 6) is 0. The molecule has 0 saturated heterocycles. The standard InChI is InChI=1S/C10H12N2/c1-3-8-4-9-7(2)5-11-10(9)12-6-8/h4-6H,3H2,1-2H3,(H,11,12). The third-order valence-electron chi connectivity index (χ3n) is 2.20. The third kappa shape index (κ3) is 0.998. The Kier molecular flexibility index (Phi) is 1.61. The molecule has 0 atom stereocenters. The summed E-state index contributed by atoms with van der Waals surface area (Å²) in [5, 5.41) is 1.24. The second-order valence-electron chi connectivity index (χ2n) is 3.06. The molecular weight excluding hydrogens is 148 g/mol. The molecule has 0 amide bonds. The van der Waals surface area contributed by atoms with Gasteiger partial charge in [-0.05, 0) is 30.5 Å². The zero-order chi connectivity index (χ0) is 8.55. The van der Waals surface area contributed by atoms with Crippen LogP contribution in [0, 0.1) is 6.92 Å². The molecule has 12 heavy (non-hydrogen) atoms. The Morgan fingerprint density at radius 3 is 3.08 bits per heavy atom. The molecule has 0 aromatic carbocycles. The molecule has 0 aliphatic heterocycles. The molecule has 2 heterocycles. The smallest absolute Gasteiger partial charge is 0.137 e. The average Bonchev–Trinajstić information content (AvgIpc) is 2.47. The number of aromatic nitrogens is 2. The highest BCUT2D eigenvalue weighted by molar-refractivity contribution is 5.79. The van der Waals surface area contributed by atoms with Gasteiger partial charge in [-0.3, -0.25) is 0 Å². The van der Waals surface area contributed by atoms with E-state index in [0.29, 0.717) is 0 Å². The van der Waals surface area contributed by atoms with Gasteiger partial charge in [0, 0.05) is 17.8 Å². The van der Waals surface area contributed by atoms with E-state index in [1.54, 1.807) is 0 Å². The molecule has 0 bridgehead atoms. The predicted molar refractivity (Wildman–Crippen MR) is 50.2 cm³/mol. The van der Waals surface area contributed by atoms with E-state index in [2.05, 4.69) is 29.9 Å². The summed E-state index contributed by atoms with van der Waals surface area (Å²) < 4.78 is 0. The highest BCUT2D eigenvalue weighted by Crippen LogP contribution is 2.16. The van der Waals surface area contributed by atoms with E-state index in [0.717, 1.165) is 12.1 Å². The number of pyridine rings is 1. The lowest BCUT2D eigenvalue weighted by Gasteiger charge is -1.95. The lowest BCUT2D eigenvalue weighted by molar-refractivity contribution is 1.12. The second kappa shape index (κ2) is 2.63. The summed E-state index contributed by atoms with van der Waals surface area (Å²) >= 11 is 0. The Labute approximate surface area is 71.6 Å². The van der Waals surface area contributed by atoms with Crippen LogP contribution in [0.1, 0.15) is 18.1 Å². The third-order valence-corrected chi connectivity index (χ3v) is 2.20. The van der Waals surface area contributed by atoms with Crippen molar-refractivity contribution in [2.45, 2.75) is 20.3 Å². The van der Waals surface area contributed by atoms with Gasteiger partial charge in [-0.2, -0.15) is 0 Å². The van der Waals surface area contributed by atoms with Crippen molar-refractivity contribution < 1.29 is 0 Å². The van der Waals surface area contributed by atoms with Crippen LogP contribution in [0.5, 0.6) is 0 Å². The van der Waals surface area contributed by atoms with E-state index in [1.807, 2.05) is 12.4 Å². The monoisotopic (exact) mass is 160 g/mol. The molecule has 2 aromatic heterocycles. The Morgan fingerprint density at radius 1 is 1.50 bits per heavy atom. The van der Waals surface area contributed by atoms with Gasteiger partial charge in [0.15, 0.2) is 0 Å². The predicted octanol–water partition coefficient (Wildman–Crippen LogP) is 2.43. The number of rotatable bonds is 1. The van der Waals surface area contributed by atoms with Crippen LogP contribution < -0.4 is 0 Å². The van der Waals surface area contributed by atoms with Crippen LogP contribution in [0.25, 0.3) is 11.0 Å². The Bertz CT molecular complexity index is 401. The second-order valence-corrected chi connectivity index (χ2v) is 3.06. The molecule has 0 radical (unpaired) electrons. The normalized spacial score (nSPS) is 10.8. The van der Waals surface area contributed by atoms with E-state index in [1.165, 1.54) is 16.5 Å². The molecule has 2 aromatic rings. The van der Waals surface area contributed by atoms with Gasteiger partial charge in [-0.1, -0.05) is 6.92 Å². The lowest BCUT2D eigenvalue weighted by atomic mass is 10.1. The molecule has 2 nitrogen and oxygen atoms in total. The number of nitrogens with one attached hydrogen (secondary N) is 1. The maximum Gasteiger partial charge on any atom is 0.137 e. The summed E-state index contributed by atoms with van der Waals surface area (Å²) in [7, 11) is 0. The molecule has 0 aliphatic rings. The summed E-state index contributed by atoms with van der Waals surface area (Å²) in [4.78, 5) is 7.45. The van der Waals surface area contributed by atoms with Crippen LogP contribution in [0.15, 0.2) is 18.5 Å². The van der Waals surface area contributed by atoms with Gasteiger partial charge in [-0.15, -0.1) is 0 Å². The molecule has 2 heteroatoms. The summed E-state index contributed by atoms with van der Waals surface area (Å²) in [6, 6.07) is 2.20. The van der Waals surface area contributed by atoms with Crippen molar-refractivity contribution in [3.8, 4) is 0 Å². The topological polar surface area (TPSA) is 28.7 Å². The number of nitrogens with zero attached hydrogens (tertiary/aromatic N) is 1. The van der Waals surface area contributed by atoms with E-state index in [4.69, 9.17) is 0 Å². The maximum absolute atomic E-state index is 4.32. The van der Waals surface area contributed by atoms with Crippen LogP contribution in [-0.2, 0) is 6.42 Å². The number of aryl methyl sites for hydroxylation is 2. The minimum atomic E-state index is 0.990. The van der Waals surface area contributed by atoms with E-state index in [-0.39, 0.29) is 0 Å². The lowest BCUT2D eigenvalue weighted by Crippen LogP contribution is -1.83. The summed E-state index contributed by atoms with van der Waals surface area (Å²) in [6.45, 7) is 4.24. The van der Waals surface area contributed by atoms with Gasteiger partial charge in [0.1, 0.15) is 5.65 Å². The number of H-pyrrole nitrogens is 1. The molecule has 0 spiro atoms. The first-order valence-electron chi connectivity index (χ1n) is 4.24. The van der Waals surface area contributed by atoms with Gasteiger partial charge in [0.2, 0.25) is 0 Å². The number of aromatic amines is 1.